The molecule has 0 saturated carbocycles. The van der Waals surface area contributed by atoms with Gasteiger partial charge in [0, 0.05) is 30.8 Å². The average Bonchev–Trinajstić information content (AvgIpc) is 3.10. The van der Waals surface area contributed by atoms with Gasteiger partial charge in [-0.15, -0.1) is 0 Å². The lowest BCUT2D eigenvalue weighted by Gasteiger charge is -2.35. The monoisotopic (exact) mass is 317 g/mol. The van der Waals surface area contributed by atoms with Crippen LogP contribution in [0.4, 0.5) is 5.69 Å². The van der Waals surface area contributed by atoms with E-state index in [0.29, 0.717) is 17.5 Å². The van der Waals surface area contributed by atoms with Crippen LogP contribution in [0.2, 0.25) is 0 Å². The lowest BCUT2D eigenvalue weighted by Crippen LogP contribution is -2.43. The second-order valence-corrected chi connectivity index (χ2v) is 6.48. The first-order valence-electron chi connectivity index (χ1n) is 8.38. The van der Waals surface area contributed by atoms with Crippen LogP contribution in [-0.2, 0) is 11.2 Å². The van der Waals surface area contributed by atoms with Crippen molar-refractivity contribution in [3.05, 3.63) is 39.9 Å². The molecule has 2 aliphatic heterocycles. The van der Waals surface area contributed by atoms with E-state index in [1.165, 1.54) is 18.9 Å². The van der Waals surface area contributed by atoms with Crippen LogP contribution in [-0.4, -0.2) is 41.4 Å². The summed E-state index contributed by atoms with van der Waals surface area (Å²) in [6.07, 6.45) is 4.67. The number of nitro groups is 1. The number of likely N-dealkylation sites (tertiary alicyclic amines) is 1. The molecule has 1 unspecified atom stereocenters. The summed E-state index contributed by atoms with van der Waals surface area (Å²) in [5.74, 6) is 0.657. The number of rotatable bonds is 4. The summed E-state index contributed by atoms with van der Waals surface area (Å²) in [6, 6.07) is 7.12. The maximum absolute atomic E-state index is 12.5. The van der Waals surface area contributed by atoms with Crippen LogP contribution in [0, 0.1) is 16.0 Å². The molecule has 1 amide bonds. The van der Waals surface area contributed by atoms with E-state index in [-0.39, 0.29) is 18.0 Å². The molecule has 1 N–H and O–H groups in total. The van der Waals surface area contributed by atoms with Crippen LogP contribution < -0.4 is 5.32 Å². The summed E-state index contributed by atoms with van der Waals surface area (Å²) >= 11 is 0. The summed E-state index contributed by atoms with van der Waals surface area (Å²) in [7, 11) is 0. The zero-order valence-corrected chi connectivity index (χ0v) is 13.2. The fraction of sp³-hybridized carbons (Fsp3) is 0.588. The van der Waals surface area contributed by atoms with Gasteiger partial charge in [0.05, 0.1) is 11.3 Å². The number of hydrogen-bond acceptors (Lipinski definition) is 4. The predicted octanol–water partition coefficient (Wildman–Crippen LogP) is 2.13. The van der Waals surface area contributed by atoms with Gasteiger partial charge in [0.2, 0.25) is 5.91 Å². The fourth-order valence-electron chi connectivity index (χ4n) is 3.78. The maximum atomic E-state index is 12.5. The molecule has 2 fully saturated rings. The molecule has 23 heavy (non-hydrogen) atoms. The molecule has 1 atom stereocenters. The topological polar surface area (TPSA) is 75.5 Å². The Bertz CT molecular complexity index is 576. The molecule has 0 aromatic heterocycles. The SMILES string of the molecule is O=C(Cc1ccccc1[N+](=O)[O-])N1CCC(C2CCCN2)CC1. The minimum absolute atomic E-state index is 0.00266. The fourth-order valence-corrected chi connectivity index (χ4v) is 3.78. The number of nitrogens with zero attached hydrogens (tertiary/aromatic N) is 2. The molecule has 2 saturated heterocycles. The Kier molecular flexibility index (Phi) is 4.91. The van der Waals surface area contributed by atoms with Crippen LogP contribution in [0.5, 0.6) is 0 Å². The predicted molar refractivity (Wildman–Crippen MR) is 87.1 cm³/mol. The Hall–Kier alpha value is -1.95. The van der Waals surface area contributed by atoms with E-state index < -0.39 is 4.92 Å². The number of carbonyl (C=O) groups is 1. The molecule has 1 aromatic rings. The van der Waals surface area contributed by atoms with Crippen LogP contribution in [0.3, 0.4) is 0 Å². The maximum Gasteiger partial charge on any atom is 0.273 e. The van der Waals surface area contributed by atoms with Gasteiger partial charge in [-0.3, -0.25) is 14.9 Å². The standard InChI is InChI=1S/C17H23N3O3/c21-17(12-14-4-1-2-6-16(14)20(22)23)19-10-7-13(8-11-19)15-5-3-9-18-15/h1-2,4,6,13,15,18H,3,5,7-12H2. The van der Waals surface area contributed by atoms with Crippen LogP contribution in [0.25, 0.3) is 0 Å². The average molecular weight is 317 g/mol. The van der Waals surface area contributed by atoms with Crippen molar-refractivity contribution < 1.29 is 9.72 Å². The number of amides is 1. The van der Waals surface area contributed by atoms with Crippen molar-refractivity contribution in [2.24, 2.45) is 5.92 Å². The van der Waals surface area contributed by atoms with E-state index in [9.17, 15) is 14.9 Å². The van der Waals surface area contributed by atoms with E-state index in [0.717, 1.165) is 32.5 Å². The van der Waals surface area contributed by atoms with Crippen molar-refractivity contribution in [2.75, 3.05) is 19.6 Å². The van der Waals surface area contributed by atoms with Crippen molar-refractivity contribution in [1.29, 1.82) is 0 Å². The first kappa shape index (κ1) is 15.9. The van der Waals surface area contributed by atoms with Crippen LogP contribution >= 0.6 is 0 Å². The highest BCUT2D eigenvalue weighted by atomic mass is 16.6. The minimum atomic E-state index is -0.416. The summed E-state index contributed by atoms with van der Waals surface area (Å²) in [4.78, 5) is 24.9. The number of nitrogens with one attached hydrogen (secondary N) is 1. The number of piperidine rings is 1. The Morgan fingerprint density at radius 2 is 2.00 bits per heavy atom. The number of para-hydroxylation sites is 1. The van der Waals surface area contributed by atoms with Crippen molar-refractivity contribution in [3.8, 4) is 0 Å². The molecule has 2 heterocycles. The Morgan fingerprint density at radius 1 is 1.26 bits per heavy atom. The molecule has 0 bridgehead atoms. The van der Waals surface area contributed by atoms with Gasteiger partial charge in [-0.1, -0.05) is 18.2 Å². The molecule has 0 radical (unpaired) electrons. The van der Waals surface area contributed by atoms with Crippen molar-refractivity contribution in [3.63, 3.8) is 0 Å². The summed E-state index contributed by atoms with van der Waals surface area (Å²) < 4.78 is 0. The summed E-state index contributed by atoms with van der Waals surface area (Å²) in [5.41, 5.74) is 0.535. The van der Waals surface area contributed by atoms with Gasteiger partial charge in [0.1, 0.15) is 0 Å². The summed E-state index contributed by atoms with van der Waals surface area (Å²) in [6.45, 7) is 2.64. The Labute approximate surface area is 136 Å². The van der Waals surface area contributed by atoms with Crippen molar-refractivity contribution in [2.45, 2.75) is 38.1 Å². The molecule has 6 nitrogen and oxygen atoms in total. The van der Waals surface area contributed by atoms with Gasteiger partial charge in [0.15, 0.2) is 0 Å². The van der Waals surface area contributed by atoms with E-state index in [4.69, 9.17) is 0 Å². The molecule has 6 heteroatoms. The Balaban J connectivity index is 1.56. The van der Waals surface area contributed by atoms with Gasteiger partial charge in [-0.2, -0.15) is 0 Å². The van der Waals surface area contributed by atoms with Gasteiger partial charge in [0.25, 0.3) is 5.69 Å². The third-order valence-electron chi connectivity index (χ3n) is 5.09. The van der Waals surface area contributed by atoms with E-state index in [1.807, 2.05) is 4.90 Å². The molecule has 124 valence electrons. The number of nitro benzene ring substituents is 1. The number of carbonyl (C=O) groups excluding carboxylic acids is 1. The highest BCUT2D eigenvalue weighted by Gasteiger charge is 2.30. The highest BCUT2D eigenvalue weighted by molar-refractivity contribution is 5.80. The van der Waals surface area contributed by atoms with Gasteiger partial charge >= 0.3 is 0 Å². The molecular formula is C17H23N3O3. The van der Waals surface area contributed by atoms with E-state index >= 15 is 0 Å². The third kappa shape index (κ3) is 3.69. The lowest BCUT2D eigenvalue weighted by molar-refractivity contribution is -0.385. The van der Waals surface area contributed by atoms with E-state index in [1.54, 1.807) is 18.2 Å². The molecule has 2 aliphatic rings. The van der Waals surface area contributed by atoms with Crippen molar-refractivity contribution in [1.82, 2.24) is 10.2 Å². The zero-order valence-electron chi connectivity index (χ0n) is 13.2. The zero-order chi connectivity index (χ0) is 16.2. The van der Waals surface area contributed by atoms with Crippen LogP contribution in [0.1, 0.15) is 31.2 Å². The van der Waals surface area contributed by atoms with Gasteiger partial charge < -0.3 is 10.2 Å². The first-order valence-corrected chi connectivity index (χ1v) is 8.38. The normalized spacial score (nSPS) is 22.3. The second-order valence-electron chi connectivity index (χ2n) is 6.48. The summed E-state index contributed by atoms with van der Waals surface area (Å²) in [5, 5.41) is 14.6. The largest absolute Gasteiger partial charge is 0.342 e. The first-order chi connectivity index (χ1) is 11.1. The molecular weight excluding hydrogens is 294 g/mol. The molecule has 0 spiro atoms. The number of hydrogen-bond donors (Lipinski definition) is 1. The molecule has 1 aromatic carbocycles. The number of benzene rings is 1. The van der Waals surface area contributed by atoms with Gasteiger partial charge in [-0.05, 0) is 38.1 Å². The Morgan fingerprint density at radius 3 is 2.65 bits per heavy atom. The lowest BCUT2D eigenvalue weighted by atomic mass is 9.88. The van der Waals surface area contributed by atoms with E-state index in [2.05, 4.69) is 5.32 Å². The molecule has 3 rings (SSSR count). The second kappa shape index (κ2) is 7.08. The van der Waals surface area contributed by atoms with Gasteiger partial charge in [-0.25, -0.2) is 0 Å². The minimum Gasteiger partial charge on any atom is -0.342 e. The smallest absolute Gasteiger partial charge is 0.273 e. The van der Waals surface area contributed by atoms with Crippen LogP contribution in [0.15, 0.2) is 24.3 Å². The van der Waals surface area contributed by atoms with Crippen molar-refractivity contribution >= 4 is 11.6 Å². The quantitative estimate of drug-likeness (QED) is 0.682. The third-order valence-corrected chi connectivity index (χ3v) is 5.09. The molecule has 0 aliphatic carbocycles. The highest BCUT2D eigenvalue weighted by Crippen LogP contribution is 2.26.